The van der Waals surface area contributed by atoms with Crippen molar-refractivity contribution in [2.24, 2.45) is 0 Å². The van der Waals surface area contributed by atoms with Crippen LogP contribution in [0.1, 0.15) is 20.8 Å². The molecule has 100 valence electrons. The molecular weight excluding hydrogens is 244 g/mol. The fraction of sp³-hybridized carbons (Fsp3) is 0.900. The van der Waals surface area contributed by atoms with E-state index in [0.717, 1.165) is 6.26 Å². The third-order valence-electron chi connectivity index (χ3n) is 2.32. The first-order valence-corrected chi connectivity index (χ1v) is 7.46. The molecule has 0 spiro atoms. The number of carbonyl (C=O) groups is 1. The number of hydrogen-bond acceptors (Lipinski definition) is 5. The number of amides is 1. The SMILES string of the molecule is CC(C)(C)OC(=O)N1CCNCC1S(C)(=O)=O. The summed E-state index contributed by atoms with van der Waals surface area (Å²) in [5.74, 6) is 0. The molecule has 1 rings (SSSR count). The van der Waals surface area contributed by atoms with Crippen LogP contribution in [0.4, 0.5) is 4.79 Å². The Morgan fingerprint density at radius 3 is 2.47 bits per heavy atom. The molecule has 0 aliphatic carbocycles. The van der Waals surface area contributed by atoms with E-state index >= 15 is 0 Å². The molecule has 0 aromatic carbocycles. The van der Waals surface area contributed by atoms with Gasteiger partial charge in [-0.15, -0.1) is 0 Å². The molecule has 6 nitrogen and oxygen atoms in total. The number of rotatable bonds is 1. The summed E-state index contributed by atoms with van der Waals surface area (Å²) in [5, 5.41) is 2.12. The highest BCUT2D eigenvalue weighted by atomic mass is 32.2. The second-order valence-corrected chi connectivity index (χ2v) is 7.37. The molecule has 1 aliphatic heterocycles. The van der Waals surface area contributed by atoms with Crippen molar-refractivity contribution in [1.29, 1.82) is 0 Å². The van der Waals surface area contributed by atoms with Gasteiger partial charge in [0.15, 0.2) is 9.84 Å². The summed E-state index contributed by atoms with van der Waals surface area (Å²) in [6.07, 6.45) is 0.552. The summed E-state index contributed by atoms with van der Waals surface area (Å²) >= 11 is 0. The van der Waals surface area contributed by atoms with Gasteiger partial charge < -0.3 is 10.1 Å². The fourth-order valence-corrected chi connectivity index (χ4v) is 2.67. The molecule has 1 N–H and O–H groups in total. The molecule has 1 atom stereocenters. The Kier molecular flexibility index (Phi) is 4.03. The van der Waals surface area contributed by atoms with E-state index in [1.807, 2.05) is 0 Å². The minimum atomic E-state index is -3.31. The second-order valence-electron chi connectivity index (χ2n) is 5.16. The van der Waals surface area contributed by atoms with Gasteiger partial charge >= 0.3 is 6.09 Å². The predicted molar refractivity (Wildman–Crippen MR) is 64.4 cm³/mol. The van der Waals surface area contributed by atoms with Gasteiger partial charge in [0.05, 0.1) is 0 Å². The summed E-state index contributed by atoms with van der Waals surface area (Å²) < 4.78 is 28.4. The molecule has 0 aromatic heterocycles. The summed E-state index contributed by atoms with van der Waals surface area (Å²) in [6.45, 7) is 6.42. The van der Waals surface area contributed by atoms with Gasteiger partial charge in [-0.3, -0.25) is 4.90 Å². The van der Waals surface area contributed by atoms with Gasteiger partial charge in [0.2, 0.25) is 0 Å². The Labute approximate surface area is 102 Å². The first kappa shape index (κ1) is 14.2. The highest BCUT2D eigenvalue weighted by Crippen LogP contribution is 2.15. The number of nitrogens with zero attached hydrogens (tertiary/aromatic N) is 1. The van der Waals surface area contributed by atoms with E-state index in [0.29, 0.717) is 13.1 Å². The molecule has 1 saturated heterocycles. The Morgan fingerprint density at radius 1 is 1.41 bits per heavy atom. The smallest absolute Gasteiger partial charge is 0.411 e. The van der Waals surface area contributed by atoms with Crippen molar-refractivity contribution in [2.75, 3.05) is 25.9 Å². The zero-order valence-corrected chi connectivity index (χ0v) is 11.5. The van der Waals surface area contributed by atoms with Crippen LogP contribution in [0.5, 0.6) is 0 Å². The van der Waals surface area contributed by atoms with Gasteiger partial charge in [0.1, 0.15) is 11.0 Å². The lowest BCUT2D eigenvalue weighted by molar-refractivity contribution is 0.0193. The summed E-state index contributed by atoms with van der Waals surface area (Å²) in [6, 6.07) is 0. The van der Waals surface area contributed by atoms with E-state index in [-0.39, 0.29) is 6.54 Å². The van der Waals surface area contributed by atoms with Gasteiger partial charge in [0.25, 0.3) is 0 Å². The molecule has 0 radical (unpaired) electrons. The van der Waals surface area contributed by atoms with Crippen molar-refractivity contribution in [3.8, 4) is 0 Å². The minimum Gasteiger partial charge on any atom is -0.444 e. The van der Waals surface area contributed by atoms with Crippen molar-refractivity contribution in [1.82, 2.24) is 10.2 Å². The average Bonchev–Trinajstić information content (AvgIpc) is 2.13. The van der Waals surface area contributed by atoms with E-state index in [4.69, 9.17) is 4.74 Å². The van der Waals surface area contributed by atoms with Crippen LogP contribution < -0.4 is 5.32 Å². The van der Waals surface area contributed by atoms with Gasteiger partial charge in [-0.25, -0.2) is 13.2 Å². The molecule has 0 bridgehead atoms. The Hall–Kier alpha value is -0.820. The molecule has 1 unspecified atom stereocenters. The Bertz CT molecular complexity index is 386. The highest BCUT2D eigenvalue weighted by molar-refractivity contribution is 7.91. The van der Waals surface area contributed by atoms with Crippen molar-refractivity contribution in [2.45, 2.75) is 31.7 Å². The van der Waals surface area contributed by atoms with Crippen molar-refractivity contribution >= 4 is 15.9 Å². The molecule has 1 fully saturated rings. The molecule has 7 heteroatoms. The lowest BCUT2D eigenvalue weighted by Crippen LogP contribution is -2.57. The molecule has 1 heterocycles. The zero-order chi connectivity index (χ0) is 13.3. The lowest BCUT2D eigenvalue weighted by Gasteiger charge is -2.35. The van der Waals surface area contributed by atoms with Crippen LogP contribution >= 0.6 is 0 Å². The van der Waals surface area contributed by atoms with Crippen LogP contribution in [0.2, 0.25) is 0 Å². The molecule has 17 heavy (non-hydrogen) atoms. The maximum absolute atomic E-state index is 11.9. The monoisotopic (exact) mass is 264 g/mol. The van der Waals surface area contributed by atoms with Crippen LogP contribution in [0.25, 0.3) is 0 Å². The van der Waals surface area contributed by atoms with E-state index in [1.54, 1.807) is 20.8 Å². The van der Waals surface area contributed by atoms with E-state index in [1.165, 1.54) is 4.90 Å². The van der Waals surface area contributed by atoms with E-state index in [9.17, 15) is 13.2 Å². The van der Waals surface area contributed by atoms with Gasteiger partial charge in [0, 0.05) is 25.9 Å². The van der Waals surface area contributed by atoms with Crippen LogP contribution in [0.15, 0.2) is 0 Å². The standard InChI is InChI=1S/C10H20N2O4S/c1-10(2,3)16-9(13)12-6-5-11-7-8(12)17(4,14)15/h8,11H,5-7H2,1-4H3. The number of sulfone groups is 1. The second kappa shape index (κ2) is 4.81. The van der Waals surface area contributed by atoms with Crippen LogP contribution in [-0.4, -0.2) is 56.3 Å². The molecule has 0 aromatic rings. The maximum Gasteiger partial charge on any atom is 0.411 e. The average molecular weight is 264 g/mol. The number of ether oxygens (including phenoxy) is 1. The summed E-state index contributed by atoms with van der Waals surface area (Å²) in [5.41, 5.74) is -0.621. The predicted octanol–water partition coefficient (Wildman–Crippen LogP) is 0.197. The maximum atomic E-state index is 11.9. The fourth-order valence-electron chi connectivity index (χ4n) is 1.59. The van der Waals surface area contributed by atoms with Crippen LogP contribution in [0.3, 0.4) is 0 Å². The number of piperazine rings is 1. The highest BCUT2D eigenvalue weighted by Gasteiger charge is 2.36. The van der Waals surface area contributed by atoms with Crippen molar-refractivity contribution < 1.29 is 17.9 Å². The lowest BCUT2D eigenvalue weighted by atomic mass is 10.2. The summed E-state index contributed by atoms with van der Waals surface area (Å²) in [7, 11) is -3.31. The first-order chi connectivity index (χ1) is 7.61. The first-order valence-electron chi connectivity index (χ1n) is 5.50. The van der Waals surface area contributed by atoms with E-state index in [2.05, 4.69) is 5.32 Å². The zero-order valence-electron chi connectivity index (χ0n) is 10.7. The van der Waals surface area contributed by atoms with Gasteiger partial charge in [-0.05, 0) is 20.8 Å². The van der Waals surface area contributed by atoms with Crippen molar-refractivity contribution in [3.05, 3.63) is 0 Å². The Balaban J connectivity index is 2.82. The largest absolute Gasteiger partial charge is 0.444 e. The normalized spacial score (nSPS) is 22.4. The van der Waals surface area contributed by atoms with Gasteiger partial charge in [-0.2, -0.15) is 0 Å². The van der Waals surface area contributed by atoms with Crippen LogP contribution in [-0.2, 0) is 14.6 Å². The molecule has 1 amide bonds. The molecular formula is C10H20N2O4S. The number of nitrogens with one attached hydrogen (secondary N) is 1. The number of hydrogen-bond donors (Lipinski definition) is 1. The molecule has 0 saturated carbocycles. The summed E-state index contributed by atoms with van der Waals surface area (Å²) in [4.78, 5) is 13.2. The minimum absolute atomic E-state index is 0.248. The molecule has 1 aliphatic rings. The number of carbonyl (C=O) groups excluding carboxylic acids is 1. The third-order valence-corrected chi connectivity index (χ3v) is 3.73. The van der Waals surface area contributed by atoms with E-state index < -0.39 is 26.9 Å². The quantitative estimate of drug-likeness (QED) is 0.732. The third kappa shape index (κ3) is 4.16. The van der Waals surface area contributed by atoms with Crippen molar-refractivity contribution in [3.63, 3.8) is 0 Å². The Morgan fingerprint density at radius 2 is 2.00 bits per heavy atom. The topological polar surface area (TPSA) is 75.7 Å². The van der Waals surface area contributed by atoms with Crippen LogP contribution in [0, 0.1) is 0 Å². The van der Waals surface area contributed by atoms with Gasteiger partial charge in [-0.1, -0.05) is 0 Å².